The summed E-state index contributed by atoms with van der Waals surface area (Å²) in [5, 5.41) is 8.92. The van der Waals surface area contributed by atoms with Crippen LogP contribution < -0.4 is 0 Å². The van der Waals surface area contributed by atoms with Gasteiger partial charge in [0.05, 0.1) is 16.4 Å². The van der Waals surface area contributed by atoms with Gasteiger partial charge in [0.1, 0.15) is 0 Å². The molecule has 1 amide bonds. The van der Waals surface area contributed by atoms with Crippen molar-refractivity contribution in [2.24, 2.45) is 0 Å². The molecule has 1 N–H and O–H groups in total. The zero-order valence-corrected chi connectivity index (χ0v) is 11.6. The normalized spacial score (nSPS) is 13.0. The molecule has 1 rings (SSSR count). The van der Waals surface area contributed by atoms with Gasteiger partial charge in [-0.25, -0.2) is 0 Å². The summed E-state index contributed by atoms with van der Waals surface area (Å²) >= 11 is 4.92. The Kier molecular flexibility index (Phi) is 5.18. The van der Waals surface area contributed by atoms with E-state index in [1.807, 2.05) is 12.1 Å². The Hall–Kier alpha value is -0.650. The summed E-state index contributed by atoms with van der Waals surface area (Å²) in [5.74, 6) is -0.105. The van der Waals surface area contributed by atoms with Crippen LogP contribution in [0.3, 0.4) is 0 Å². The number of hydrogen-bond donors (Lipinski definition) is 1. The van der Waals surface area contributed by atoms with E-state index in [0.29, 0.717) is 0 Å². The molecule has 5 heteroatoms. The van der Waals surface area contributed by atoms with Crippen molar-refractivity contribution in [1.82, 2.24) is 4.90 Å². The molecule has 0 aromatic carbocycles. The van der Waals surface area contributed by atoms with Crippen molar-refractivity contribution in [1.29, 1.82) is 0 Å². The highest BCUT2D eigenvalue weighted by Crippen LogP contribution is 2.23. The molecule has 0 spiro atoms. The number of nitrogens with zero attached hydrogens (tertiary/aromatic N) is 1. The largest absolute Gasteiger partial charge is 0.394 e. The molecular weight excluding hydrogens is 290 g/mol. The first-order valence-electron chi connectivity index (χ1n) is 4.85. The number of thiophene rings is 1. The highest BCUT2D eigenvalue weighted by Gasteiger charge is 2.11. The summed E-state index contributed by atoms with van der Waals surface area (Å²) in [4.78, 5) is 14.2. The summed E-state index contributed by atoms with van der Waals surface area (Å²) in [7, 11) is 1.68. The van der Waals surface area contributed by atoms with Crippen molar-refractivity contribution in [2.45, 2.75) is 13.0 Å². The first-order valence-corrected chi connectivity index (χ1v) is 6.46. The van der Waals surface area contributed by atoms with Crippen LogP contribution in [0.15, 0.2) is 22.0 Å². The van der Waals surface area contributed by atoms with Gasteiger partial charge in [0.2, 0.25) is 5.91 Å². The van der Waals surface area contributed by atoms with Crippen LogP contribution in [-0.4, -0.2) is 35.6 Å². The third-order valence-corrected chi connectivity index (χ3v) is 3.85. The quantitative estimate of drug-likeness (QED) is 0.868. The van der Waals surface area contributed by atoms with Gasteiger partial charge >= 0.3 is 0 Å². The third kappa shape index (κ3) is 3.73. The predicted molar refractivity (Wildman–Crippen MR) is 70.4 cm³/mol. The average Bonchev–Trinajstić information content (AvgIpc) is 2.69. The molecule has 1 aromatic rings. The summed E-state index contributed by atoms with van der Waals surface area (Å²) in [6, 6.07) is 3.72. The van der Waals surface area contributed by atoms with E-state index < -0.39 is 0 Å². The molecule has 0 bridgehead atoms. The Morgan fingerprint density at radius 2 is 2.38 bits per heavy atom. The maximum absolute atomic E-state index is 11.6. The van der Waals surface area contributed by atoms with Crippen LogP contribution in [0.25, 0.3) is 6.08 Å². The van der Waals surface area contributed by atoms with Gasteiger partial charge in [0, 0.05) is 18.0 Å². The van der Waals surface area contributed by atoms with Crippen LogP contribution in [0.1, 0.15) is 11.8 Å². The Morgan fingerprint density at radius 1 is 1.69 bits per heavy atom. The van der Waals surface area contributed by atoms with Crippen LogP contribution in [0.4, 0.5) is 0 Å². The molecule has 1 unspecified atom stereocenters. The predicted octanol–water partition coefficient (Wildman–Crippen LogP) is 2.36. The molecular formula is C11H14BrNO2S. The standard InChI is InChI=1S/C11H14BrNO2S/c1-8(7-14)13(2)11(15)6-4-9-3-5-10(12)16-9/h3-6,8,14H,7H2,1-2H3/b6-4+. The lowest BCUT2D eigenvalue weighted by molar-refractivity contribution is -0.127. The molecule has 1 atom stereocenters. The minimum atomic E-state index is -0.160. The van der Waals surface area contributed by atoms with Crippen LogP contribution in [0.2, 0.25) is 0 Å². The van der Waals surface area contributed by atoms with E-state index in [1.54, 1.807) is 31.4 Å². The molecule has 1 heterocycles. The molecule has 0 saturated carbocycles. The van der Waals surface area contributed by atoms with Gasteiger partial charge in [-0.05, 0) is 41.1 Å². The van der Waals surface area contributed by atoms with Crippen LogP contribution in [0, 0.1) is 0 Å². The third-order valence-electron chi connectivity index (χ3n) is 2.26. The molecule has 0 radical (unpaired) electrons. The first-order chi connectivity index (χ1) is 7.54. The van der Waals surface area contributed by atoms with Gasteiger partial charge in [-0.3, -0.25) is 4.79 Å². The van der Waals surface area contributed by atoms with E-state index in [9.17, 15) is 4.79 Å². The van der Waals surface area contributed by atoms with Gasteiger partial charge in [0.15, 0.2) is 0 Å². The van der Waals surface area contributed by atoms with E-state index in [2.05, 4.69) is 15.9 Å². The summed E-state index contributed by atoms with van der Waals surface area (Å²) in [6.07, 6.45) is 3.29. The molecule has 0 aliphatic rings. The number of carbonyl (C=O) groups is 1. The van der Waals surface area contributed by atoms with Crippen LogP contribution in [0.5, 0.6) is 0 Å². The van der Waals surface area contributed by atoms with Crippen molar-refractivity contribution in [3.05, 3.63) is 26.9 Å². The molecule has 0 aliphatic heterocycles. The smallest absolute Gasteiger partial charge is 0.246 e. The van der Waals surface area contributed by atoms with Gasteiger partial charge in [0.25, 0.3) is 0 Å². The molecule has 0 aliphatic carbocycles. The summed E-state index contributed by atoms with van der Waals surface area (Å²) in [5.41, 5.74) is 0. The monoisotopic (exact) mass is 303 g/mol. The second-order valence-electron chi connectivity index (χ2n) is 3.46. The number of halogens is 1. The minimum Gasteiger partial charge on any atom is -0.394 e. The number of likely N-dealkylation sites (N-methyl/N-ethyl adjacent to an activating group) is 1. The van der Waals surface area contributed by atoms with Crippen molar-refractivity contribution in [2.75, 3.05) is 13.7 Å². The zero-order valence-electron chi connectivity index (χ0n) is 9.18. The van der Waals surface area contributed by atoms with E-state index in [4.69, 9.17) is 5.11 Å². The van der Waals surface area contributed by atoms with Gasteiger partial charge in [-0.15, -0.1) is 11.3 Å². The second-order valence-corrected chi connectivity index (χ2v) is 5.95. The van der Waals surface area contributed by atoms with Crippen LogP contribution in [-0.2, 0) is 4.79 Å². The van der Waals surface area contributed by atoms with Crippen molar-refractivity contribution < 1.29 is 9.90 Å². The zero-order chi connectivity index (χ0) is 12.1. The van der Waals surface area contributed by atoms with E-state index in [1.165, 1.54) is 11.0 Å². The van der Waals surface area contributed by atoms with Gasteiger partial charge < -0.3 is 10.0 Å². The van der Waals surface area contributed by atoms with E-state index >= 15 is 0 Å². The van der Waals surface area contributed by atoms with Crippen molar-refractivity contribution in [3.63, 3.8) is 0 Å². The number of rotatable bonds is 4. The number of hydrogen-bond acceptors (Lipinski definition) is 3. The second kappa shape index (κ2) is 6.18. The maximum atomic E-state index is 11.6. The Morgan fingerprint density at radius 3 is 2.88 bits per heavy atom. The van der Waals surface area contributed by atoms with E-state index in [0.717, 1.165) is 8.66 Å². The van der Waals surface area contributed by atoms with Gasteiger partial charge in [-0.1, -0.05) is 0 Å². The fraction of sp³-hybridized carbons (Fsp3) is 0.364. The number of aliphatic hydroxyl groups excluding tert-OH is 1. The van der Waals surface area contributed by atoms with Crippen molar-refractivity contribution in [3.8, 4) is 0 Å². The highest BCUT2D eigenvalue weighted by atomic mass is 79.9. The molecule has 0 saturated heterocycles. The Bertz CT molecular complexity index is 389. The van der Waals surface area contributed by atoms with Crippen molar-refractivity contribution >= 4 is 39.2 Å². The highest BCUT2D eigenvalue weighted by molar-refractivity contribution is 9.11. The Balaban J connectivity index is 2.60. The Labute approximate surface area is 108 Å². The van der Waals surface area contributed by atoms with Crippen LogP contribution >= 0.6 is 27.3 Å². The maximum Gasteiger partial charge on any atom is 0.246 e. The lowest BCUT2D eigenvalue weighted by atomic mass is 10.3. The number of aliphatic hydroxyl groups is 1. The molecule has 16 heavy (non-hydrogen) atoms. The lowest BCUT2D eigenvalue weighted by Crippen LogP contribution is -2.36. The fourth-order valence-corrected chi connectivity index (χ4v) is 2.35. The fourth-order valence-electron chi connectivity index (χ4n) is 1.03. The summed E-state index contributed by atoms with van der Waals surface area (Å²) in [6.45, 7) is 1.77. The molecule has 88 valence electrons. The molecule has 0 fully saturated rings. The first kappa shape index (κ1) is 13.4. The number of carbonyl (C=O) groups excluding carboxylic acids is 1. The topological polar surface area (TPSA) is 40.5 Å². The lowest BCUT2D eigenvalue weighted by Gasteiger charge is -2.21. The van der Waals surface area contributed by atoms with E-state index in [-0.39, 0.29) is 18.6 Å². The summed E-state index contributed by atoms with van der Waals surface area (Å²) < 4.78 is 1.04. The number of amides is 1. The molecule has 3 nitrogen and oxygen atoms in total. The van der Waals surface area contributed by atoms with Gasteiger partial charge in [-0.2, -0.15) is 0 Å². The SMILES string of the molecule is CC(CO)N(C)C(=O)/C=C/c1ccc(Br)s1. The average molecular weight is 304 g/mol. The molecule has 1 aromatic heterocycles. The minimum absolute atomic E-state index is 0.0272.